The molecule has 0 aliphatic rings. The van der Waals surface area contributed by atoms with Gasteiger partial charge in [-0.15, -0.1) is 0 Å². The number of unbranched alkanes of at least 4 members (excludes halogenated alkanes) is 9. The molecule has 314 valence electrons. The van der Waals surface area contributed by atoms with E-state index in [1.165, 1.54) is 50.5 Å². The van der Waals surface area contributed by atoms with Crippen molar-refractivity contribution in [2.24, 2.45) is 0 Å². The summed E-state index contributed by atoms with van der Waals surface area (Å²) in [6.45, 7) is 0. The van der Waals surface area contributed by atoms with E-state index in [0.29, 0.717) is 23.6 Å². The molecule has 2 N–H and O–H groups in total. The van der Waals surface area contributed by atoms with E-state index >= 15 is 0 Å². The molecule has 11 heteroatoms. The Hall–Kier alpha value is -6.75. The van der Waals surface area contributed by atoms with E-state index in [-0.39, 0.29) is 18.2 Å². The van der Waals surface area contributed by atoms with Crippen LogP contribution in [0.5, 0.6) is 11.5 Å². The van der Waals surface area contributed by atoms with Crippen LogP contribution in [0.15, 0.2) is 124 Å². The maximum Gasteiger partial charge on any atom is 0.232 e. The first kappa shape index (κ1) is 42.4. The third-order valence-corrected chi connectivity index (χ3v) is 11.0. The molecule has 0 aliphatic carbocycles. The average molecular weight is 820 g/mol. The van der Waals surface area contributed by atoms with Crippen molar-refractivity contribution in [2.45, 2.75) is 83.5 Å². The normalized spacial score (nSPS) is 11.1. The summed E-state index contributed by atoms with van der Waals surface area (Å²) < 4.78 is 21.3. The lowest BCUT2D eigenvalue weighted by Gasteiger charge is -2.09. The van der Waals surface area contributed by atoms with E-state index in [2.05, 4.69) is 32.2 Å². The van der Waals surface area contributed by atoms with Gasteiger partial charge in [0.1, 0.15) is 28.2 Å². The molecule has 11 nitrogen and oxygen atoms in total. The van der Waals surface area contributed by atoms with Crippen molar-refractivity contribution in [3.63, 3.8) is 0 Å². The lowest BCUT2D eigenvalue weighted by atomic mass is 9.97. The fourth-order valence-electron chi connectivity index (χ4n) is 7.59. The molecule has 0 unspecified atom stereocenters. The summed E-state index contributed by atoms with van der Waals surface area (Å²) in [5, 5.41) is 18.4. The van der Waals surface area contributed by atoms with Crippen molar-refractivity contribution in [3.05, 3.63) is 127 Å². The summed E-state index contributed by atoms with van der Waals surface area (Å²) in [5.74, 6) is 1.72. The van der Waals surface area contributed by atoms with E-state index in [4.69, 9.17) is 18.6 Å². The molecule has 2 aromatic heterocycles. The Morgan fingerprint density at radius 1 is 0.541 bits per heavy atom. The summed E-state index contributed by atoms with van der Waals surface area (Å²) in [5.41, 5.74) is 9.46. The fourth-order valence-corrected chi connectivity index (χ4v) is 7.59. The molecule has 0 fully saturated rings. The molecule has 0 spiro atoms. The Morgan fingerprint density at radius 2 is 1.07 bits per heavy atom. The van der Waals surface area contributed by atoms with Gasteiger partial charge in [0.15, 0.2) is 5.76 Å². The minimum absolute atomic E-state index is 0.00923. The Morgan fingerprint density at radius 3 is 1.66 bits per heavy atom. The Balaban J connectivity index is 0.800. The zero-order valence-electron chi connectivity index (χ0n) is 35.0. The van der Waals surface area contributed by atoms with Crippen molar-refractivity contribution in [1.29, 1.82) is 0 Å². The van der Waals surface area contributed by atoms with Crippen molar-refractivity contribution in [1.82, 2.24) is 15.5 Å². The van der Waals surface area contributed by atoms with Crippen molar-refractivity contribution in [2.75, 3.05) is 24.9 Å². The minimum atomic E-state index is -0.231. The predicted molar refractivity (Wildman–Crippen MR) is 240 cm³/mol. The summed E-state index contributed by atoms with van der Waals surface area (Å²) in [4.78, 5) is 26.0. The number of nitrogens with one attached hydrogen (secondary N) is 2. The molecule has 5 aromatic carbocycles. The van der Waals surface area contributed by atoms with E-state index in [0.717, 1.165) is 81.7 Å². The van der Waals surface area contributed by atoms with Crippen LogP contribution in [0.1, 0.15) is 82.0 Å². The second-order valence-electron chi connectivity index (χ2n) is 15.3. The summed E-state index contributed by atoms with van der Waals surface area (Å²) in [7, 11) is 3.24. The van der Waals surface area contributed by atoms with Crippen LogP contribution in [0.3, 0.4) is 0 Å². The number of carbonyl (C=O) groups is 2. The van der Waals surface area contributed by atoms with Crippen LogP contribution in [-0.2, 0) is 22.4 Å². The number of carbonyl (C=O) groups excluding carboxylic acids is 2. The van der Waals surface area contributed by atoms with Gasteiger partial charge in [0, 0.05) is 23.4 Å². The molecule has 0 atom stereocenters. The third kappa shape index (κ3) is 11.7. The first-order valence-corrected chi connectivity index (χ1v) is 21.2. The number of ether oxygens (including phenoxy) is 2. The summed E-state index contributed by atoms with van der Waals surface area (Å²) in [6, 6.07) is 36.7. The van der Waals surface area contributed by atoms with Gasteiger partial charge in [0.2, 0.25) is 11.8 Å². The van der Waals surface area contributed by atoms with Gasteiger partial charge in [-0.1, -0.05) is 105 Å². The van der Waals surface area contributed by atoms with Gasteiger partial charge in [-0.2, -0.15) is 0 Å². The number of benzene rings is 5. The number of rotatable bonds is 22. The lowest BCUT2D eigenvalue weighted by molar-refractivity contribution is -0.117. The molecule has 61 heavy (non-hydrogen) atoms. The molecule has 0 saturated carbocycles. The maximum atomic E-state index is 13.3. The monoisotopic (exact) mass is 819 g/mol. The van der Waals surface area contributed by atoms with Gasteiger partial charge in [0.25, 0.3) is 0 Å². The van der Waals surface area contributed by atoms with Crippen LogP contribution < -0.4 is 20.1 Å². The standard InChI is InChI=1S/C50H53N5O6/c1-58-42-30-22-37(23-31-42)48-45(60-54-50(48)39-24-32-43(59-2)33-25-39)34-47(57)52-41-28-20-36(21-29-41)35-18-26-40(27-19-35)51-46(56)17-12-10-8-6-4-3-5-7-9-11-14-38-15-13-16-44-49(38)55-61-53-44/h13,15-16,18-33H,3-12,14,17,34H2,1-2H3,(H,51,56)(H,52,57). The quantitative estimate of drug-likeness (QED) is 0.0639. The summed E-state index contributed by atoms with van der Waals surface area (Å²) in [6.07, 6.45) is 13.3. The van der Waals surface area contributed by atoms with Gasteiger partial charge in [0.05, 0.1) is 26.2 Å². The molecule has 0 radical (unpaired) electrons. The highest BCUT2D eigenvalue weighted by Crippen LogP contribution is 2.36. The maximum absolute atomic E-state index is 13.3. The first-order valence-electron chi connectivity index (χ1n) is 21.2. The van der Waals surface area contributed by atoms with Crippen molar-refractivity contribution < 1.29 is 28.2 Å². The molecule has 2 amide bonds. The van der Waals surface area contributed by atoms with Gasteiger partial charge in [-0.25, -0.2) is 4.63 Å². The SMILES string of the molecule is COc1ccc(-c2noc(CC(=O)Nc3ccc(-c4ccc(NC(=O)CCCCCCCCCCCCc5cccc6nonc56)cc4)cc3)c2-c2ccc(OC)cc2)cc1. The van der Waals surface area contributed by atoms with Gasteiger partial charge in [-0.3, -0.25) is 9.59 Å². The molecule has 7 aromatic rings. The Labute approximate surface area is 356 Å². The number of nitrogens with zero attached hydrogens (tertiary/aromatic N) is 3. The number of methoxy groups -OCH3 is 2. The van der Waals surface area contributed by atoms with Gasteiger partial charge >= 0.3 is 0 Å². The van der Waals surface area contributed by atoms with Gasteiger partial charge < -0.3 is 24.6 Å². The molecule has 2 heterocycles. The highest BCUT2D eigenvalue weighted by Gasteiger charge is 2.22. The number of hydrogen-bond acceptors (Lipinski definition) is 9. The average Bonchev–Trinajstić information content (AvgIpc) is 3.95. The first-order chi connectivity index (χ1) is 30.0. The number of aryl methyl sites for hydroxylation is 1. The number of anilines is 2. The highest BCUT2D eigenvalue weighted by atomic mass is 16.6. The van der Waals surface area contributed by atoms with E-state index in [1.807, 2.05) is 109 Å². The smallest absolute Gasteiger partial charge is 0.232 e. The van der Waals surface area contributed by atoms with Crippen LogP contribution in [-0.4, -0.2) is 41.5 Å². The molecule has 0 aliphatic heterocycles. The van der Waals surface area contributed by atoms with Crippen LogP contribution in [0.4, 0.5) is 11.4 Å². The van der Waals surface area contributed by atoms with E-state index in [9.17, 15) is 9.59 Å². The molecule has 0 saturated heterocycles. The zero-order chi connectivity index (χ0) is 42.2. The Kier molecular flexibility index (Phi) is 14.9. The second-order valence-corrected chi connectivity index (χ2v) is 15.3. The fraction of sp³-hybridized carbons (Fsp3) is 0.300. The number of hydrogen-bond donors (Lipinski definition) is 2. The van der Waals surface area contributed by atoms with Crippen molar-refractivity contribution >= 4 is 34.2 Å². The zero-order valence-corrected chi connectivity index (χ0v) is 35.0. The lowest BCUT2D eigenvalue weighted by Crippen LogP contribution is -2.14. The molecule has 7 rings (SSSR count). The minimum Gasteiger partial charge on any atom is -0.497 e. The van der Waals surface area contributed by atoms with Gasteiger partial charge in [-0.05, 0) is 119 Å². The number of fused-ring (bicyclic) bond motifs is 1. The van der Waals surface area contributed by atoms with Crippen LogP contribution in [0.2, 0.25) is 0 Å². The van der Waals surface area contributed by atoms with Crippen LogP contribution in [0.25, 0.3) is 44.5 Å². The topological polar surface area (TPSA) is 142 Å². The van der Waals surface area contributed by atoms with Crippen molar-refractivity contribution in [3.8, 4) is 45.0 Å². The van der Waals surface area contributed by atoms with E-state index in [1.54, 1.807) is 14.2 Å². The number of amides is 2. The number of aromatic nitrogens is 3. The van der Waals surface area contributed by atoms with E-state index < -0.39 is 0 Å². The molecular formula is C50H53N5O6. The third-order valence-electron chi connectivity index (χ3n) is 11.0. The second kappa shape index (κ2) is 21.5. The Bertz CT molecular complexity index is 2460. The molecule has 0 bridgehead atoms. The largest absolute Gasteiger partial charge is 0.497 e. The summed E-state index contributed by atoms with van der Waals surface area (Å²) >= 11 is 0. The predicted octanol–water partition coefficient (Wildman–Crippen LogP) is 11.9. The van der Waals surface area contributed by atoms with Crippen LogP contribution >= 0.6 is 0 Å². The molecular weight excluding hydrogens is 767 g/mol. The van der Waals surface area contributed by atoms with Crippen LogP contribution in [0, 0.1) is 0 Å². The highest BCUT2D eigenvalue weighted by molar-refractivity contribution is 5.95.